The van der Waals surface area contributed by atoms with E-state index in [-0.39, 0.29) is 5.91 Å². The predicted molar refractivity (Wildman–Crippen MR) is 108 cm³/mol. The lowest BCUT2D eigenvalue weighted by Crippen LogP contribution is -2.29. The summed E-state index contributed by atoms with van der Waals surface area (Å²) < 4.78 is 6.35. The van der Waals surface area contributed by atoms with Gasteiger partial charge < -0.3 is 9.64 Å². The number of piperidine rings is 1. The third kappa shape index (κ3) is 4.64. The molecule has 0 aromatic heterocycles. The van der Waals surface area contributed by atoms with Gasteiger partial charge in [-0.2, -0.15) is 5.10 Å². The van der Waals surface area contributed by atoms with Gasteiger partial charge in [-0.15, -0.1) is 0 Å². The van der Waals surface area contributed by atoms with E-state index in [0.29, 0.717) is 5.56 Å². The molecular weight excluding hydrogens is 394 g/mol. The molecule has 0 spiro atoms. The predicted octanol–water partition coefficient (Wildman–Crippen LogP) is 4.21. The van der Waals surface area contributed by atoms with E-state index in [1.54, 1.807) is 25.5 Å². The monoisotopic (exact) mass is 415 g/mol. The van der Waals surface area contributed by atoms with E-state index >= 15 is 0 Å². The Bertz CT molecular complexity index is 801. The molecule has 26 heavy (non-hydrogen) atoms. The third-order valence-corrected chi connectivity index (χ3v) is 4.89. The number of benzene rings is 2. The van der Waals surface area contributed by atoms with Gasteiger partial charge in [0.1, 0.15) is 5.75 Å². The molecule has 1 fully saturated rings. The smallest absolute Gasteiger partial charge is 0.271 e. The van der Waals surface area contributed by atoms with Crippen LogP contribution in [0.2, 0.25) is 0 Å². The van der Waals surface area contributed by atoms with Gasteiger partial charge >= 0.3 is 0 Å². The molecule has 136 valence electrons. The number of nitrogens with one attached hydrogen (secondary N) is 1. The molecule has 0 unspecified atom stereocenters. The minimum Gasteiger partial charge on any atom is -0.496 e. The maximum Gasteiger partial charge on any atom is 0.271 e. The quantitative estimate of drug-likeness (QED) is 0.587. The molecule has 6 heteroatoms. The van der Waals surface area contributed by atoms with Gasteiger partial charge in [0.15, 0.2) is 0 Å². The van der Waals surface area contributed by atoms with Crippen molar-refractivity contribution in [2.75, 3.05) is 25.1 Å². The number of anilines is 1. The van der Waals surface area contributed by atoms with Crippen molar-refractivity contribution in [2.24, 2.45) is 5.10 Å². The highest BCUT2D eigenvalue weighted by Crippen LogP contribution is 2.26. The molecule has 2 aromatic carbocycles. The number of halogens is 1. The number of ether oxygens (including phenoxy) is 1. The summed E-state index contributed by atoms with van der Waals surface area (Å²) in [7, 11) is 1.65. The van der Waals surface area contributed by atoms with Gasteiger partial charge in [0, 0.05) is 40.4 Å². The standard InChI is InChI=1S/C20H22BrN3O2/c1-26-19-13-18(24-10-3-2-4-11-24)9-8-16(19)14-22-23-20(25)15-6-5-7-17(21)12-15/h5-9,12-14H,2-4,10-11H2,1H3,(H,23,25)/b22-14-. The van der Waals surface area contributed by atoms with E-state index in [1.165, 1.54) is 19.3 Å². The second-order valence-corrected chi connectivity index (χ2v) is 7.10. The molecule has 1 amide bonds. The molecule has 1 saturated heterocycles. The number of hydrogen-bond acceptors (Lipinski definition) is 4. The van der Waals surface area contributed by atoms with Crippen molar-refractivity contribution in [3.05, 3.63) is 58.1 Å². The van der Waals surface area contributed by atoms with Crippen LogP contribution in [0.15, 0.2) is 52.0 Å². The number of methoxy groups -OCH3 is 1. The largest absolute Gasteiger partial charge is 0.496 e. The zero-order valence-corrected chi connectivity index (χ0v) is 16.3. The van der Waals surface area contributed by atoms with Crippen LogP contribution in [0.4, 0.5) is 5.69 Å². The molecule has 1 N–H and O–H groups in total. The highest BCUT2D eigenvalue weighted by molar-refractivity contribution is 9.10. The van der Waals surface area contributed by atoms with Crippen LogP contribution >= 0.6 is 15.9 Å². The molecule has 0 atom stereocenters. The van der Waals surface area contributed by atoms with Crippen molar-refractivity contribution in [3.8, 4) is 5.75 Å². The van der Waals surface area contributed by atoms with E-state index < -0.39 is 0 Å². The molecule has 0 radical (unpaired) electrons. The highest BCUT2D eigenvalue weighted by Gasteiger charge is 2.13. The third-order valence-electron chi connectivity index (χ3n) is 4.39. The van der Waals surface area contributed by atoms with Gasteiger partial charge in [-0.1, -0.05) is 22.0 Å². The number of amides is 1. The van der Waals surface area contributed by atoms with Gasteiger partial charge in [0.2, 0.25) is 0 Å². The maximum absolute atomic E-state index is 12.1. The first kappa shape index (κ1) is 18.5. The van der Waals surface area contributed by atoms with Crippen LogP contribution in [-0.4, -0.2) is 32.3 Å². The molecule has 1 aliphatic heterocycles. The number of carbonyl (C=O) groups is 1. The summed E-state index contributed by atoms with van der Waals surface area (Å²) in [5, 5.41) is 4.06. The molecular formula is C20H22BrN3O2. The fourth-order valence-electron chi connectivity index (χ4n) is 3.01. The molecule has 0 aliphatic carbocycles. The second-order valence-electron chi connectivity index (χ2n) is 6.18. The van der Waals surface area contributed by atoms with E-state index in [2.05, 4.69) is 37.4 Å². The highest BCUT2D eigenvalue weighted by atomic mass is 79.9. The minimum absolute atomic E-state index is 0.258. The topological polar surface area (TPSA) is 53.9 Å². The molecule has 1 heterocycles. The number of rotatable bonds is 5. The van der Waals surface area contributed by atoms with Gasteiger partial charge in [-0.25, -0.2) is 5.43 Å². The van der Waals surface area contributed by atoms with Crippen LogP contribution in [0.5, 0.6) is 5.75 Å². The maximum atomic E-state index is 12.1. The normalized spacial score (nSPS) is 14.5. The van der Waals surface area contributed by atoms with E-state index in [4.69, 9.17) is 4.74 Å². The molecule has 1 aliphatic rings. The SMILES string of the molecule is COc1cc(N2CCCCC2)ccc1/C=N\NC(=O)c1cccc(Br)c1. The minimum atomic E-state index is -0.258. The van der Waals surface area contributed by atoms with Crippen LogP contribution in [0.1, 0.15) is 35.2 Å². The summed E-state index contributed by atoms with van der Waals surface area (Å²) in [4.78, 5) is 14.5. The molecule has 5 nitrogen and oxygen atoms in total. The van der Waals surface area contributed by atoms with Crippen LogP contribution < -0.4 is 15.1 Å². The zero-order chi connectivity index (χ0) is 18.4. The Balaban J connectivity index is 1.68. The Morgan fingerprint density at radius 2 is 2.00 bits per heavy atom. The van der Waals surface area contributed by atoms with Crippen molar-refractivity contribution in [1.82, 2.24) is 5.43 Å². The Morgan fingerprint density at radius 1 is 1.19 bits per heavy atom. The van der Waals surface area contributed by atoms with Gasteiger partial charge in [0.05, 0.1) is 13.3 Å². The summed E-state index contributed by atoms with van der Waals surface area (Å²) in [5.74, 6) is 0.486. The van der Waals surface area contributed by atoms with Crippen molar-refractivity contribution >= 4 is 33.7 Å². The lowest BCUT2D eigenvalue weighted by atomic mass is 10.1. The number of nitrogens with zero attached hydrogens (tertiary/aromatic N) is 2. The van der Waals surface area contributed by atoms with Crippen molar-refractivity contribution in [1.29, 1.82) is 0 Å². The average Bonchev–Trinajstić information content (AvgIpc) is 2.68. The van der Waals surface area contributed by atoms with E-state index in [9.17, 15) is 4.79 Å². The first-order valence-corrected chi connectivity index (χ1v) is 9.48. The van der Waals surface area contributed by atoms with Crippen molar-refractivity contribution in [2.45, 2.75) is 19.3 Å². The Morgan fingerprint density at radius 3 is 2.73 bits per heavy atom. The summed E-state index contributed by atoms with van der Waals surface area (Å²) >= 11 is 3.35. The fourth-order valence-corrected chi connectivity index (χ4v) is 3.41. The van der Waals surface area contributed by atoms with Crippen molar-refractivity contribution in [3.63, 3.8) is 0 Å². The average molecular weight is 416 g/mol. The molecule has 0 bridgehead atoms. The molecule has 3 rings (SSSR count). The van der Waals surface area contributed by atoms with Gasteiger partial charge in [-0.05, 0) is 49.6 Å². The van der Waals surface area contributed by atoms with Crippen LogP contribution in [0, 0.1) is 0 Å². The Hall–Kier alpha value is -2.34. The first-order valence-electron chi connectivity index (χ1n) is 8.69. The Labute approximate surface area is 162 Å². The van der Waals surface area contributed by atoms with Crippen LogP contribution in [-0.2, 0) is 0 Å². The second kappa shape index (κ2) is 8.85. The summed E-state index contributed by atoms with van der Waals surface area (Å²) in [6, 6.07) is 13.2. The van der Waals surface area contributed by atoms with Crippen LogP contribution in [0.3, 0.4) is 0 Å². The Kier molecular flexibility index (Phi) is 6.28. The van der Waals surface area contributed by atoms with Crippen LogP contribution in [0.25, 0.3) is 0 Å². The zero-order valence-electron chi connectivity index (χ0n) is 14.7. The van der Waals surface area contributed by atoms with Gasteiger partial charge in [-0.3, -0.25) is 4.79 Å². The lowest BCUT2D eigenvalue weighted by molar-refractivity contribution is 0.0955. The molecule has 2 aromatic rings. The van der Waals surface area contributed by atoms with Gasteiger partial charge in [0.25, 0.3) is 5.91 Å². The lowest BCUT2D eigenvalue weighted by Gasteiger charge is -2.29. The summed E-state index contributed by atoms with van der Waals surface area (Å²) in [6.07, 6.45) is 5.37. The number of carbonyl (C=O) groups excluding carboxylic acids is 1. The molecule has 0 saturated carbocycles. The first-order chi connectivity index (χ1) is 12.7. The fraction of sp³-hybridized carbons (Fsp3) is 0.300. The number of hydrogen-bond donors (Lipinski definition) is 1. The van der Waals surface area contributed by atoms with Crippen molar-refractivity contribution < 1.29 is 9.53 Å². The van der Waals surface area contributed by atoms with E-state index in [0.717, 1.165) is 34.6 Å². The number of hydrazone groups is 1. The summed E-state index contributed by atoms with van der Waals surface area (Å²) in [5.41, 5.74) is 5.08. The summed E-state index contributed by atoms with van der Waals surface area (Å²) in [6.45, 7) is 2.17. The van der Waals surface area contributed by atoms with E-state index in [1.807, 2.05) is 24.3 Å².